The standard InChI is InChI=1S/C22H35FN4O.HI/c1-3-24-22(25-15-18(2)28-21-10-6-5-9-20(21)23)27-14-11-19(17-27)16-26-12-7-4-8-13-26;/h5-6,9-10,18-19H,3-4,7-8,11-17H2,1-2H3,(H,24,25);1H. The number of ether oxygens (including phenoxy) is 1. The normalized spacial score (nSPS) is 21.6. The molecule has 0 amide bonds. The van der Waals surface area contributed by atoms with E-state index in [2.05, 4.69) is 22.0 Å². The summed E-state index contributed by atoms with van der Waals surface area (Å²) in [4.78, 5) is 9.77. The molecule has 5 nitrogen and oxygen atoms in total. The highest BCUT2D eigenvalue weighted by molar-refractivity contribution is 14.0. The molecule has 164 valence electrons. The van der Waals surface area contributed by atoms with Crippen LogP contribution in [0.1, 0.15) is 39.5 Å². The summed E-state index contributed by atoms with van der Waals surface area (Å²) in [6.07, 6.45) is 5.12. The first-order valence-electron chi connectivity index (χ1n) is 10.8. The maximum Gasteiger partial charge on any atom is 0.194 e. The summed E-state index contributed by atoms with van der Waals surface area (Å²) in [5, 5.41) is 3.41. The molecule has 0 radical (unpaired) electrons. The highest BCUT2D eigenvalue weighted by Gasteiger charge is 2.27. The molecule has 1 N–H and O–H groups in total. The molecule has 29 heavy (non-hydrogen) atoms. The maximum absolute atomic E-state index is 13.8. The molecule has 2 aliphatic heterocycles. The van der Waals surface area contributed by atoms with E-state index in [4.69, 9.17) is 9.73 Å². The molecule has 2 fully saturated rings. The van der Waals surface area contributed by atoms with Crippen LogP contribution in [-0.4, -0.2) is 67.7 Å². The summed E-state index contributed by atoms with van der Waals surface area (Å²) in [5.74, 6) is 1.63. The van der Waals surface area contributed by atoms with E-state index in [0.29, 0.717) is 12.5 Å². The van der Waals surface area contributed by atoms with Crippen LogP contribution in [0.25, 0.3) is 0 Å². The zero-order chi connectivity index (χ0) is 19.8. The molecule has 0 saturated carbocycles. The highest BCUT2D eigenvalue weighted by Crippen LogP contribution is 2.20. The number of para-hydroxylation sites is 1. The van der Waals surface area contributed by atoms with Gasteiger partial charge in [-0.05, 0) is 64.3 Å². The van der Waals surface area contributed by atoms with Crippen LogP contribution in [0.4, 0.5) is 4.39 Å². The van der Waals surface area contributed by atoms with Gasteiger partial charge in [-0.15, -0.1) is 24.0 Å². The summed E-state index contributed by atoms with van der Waals surface area (Å²) in [6, 6.07) is 6.53. The smallest absolute Gasteiger partial charge is 0.194 e. The lowest BCUT2D eigenvalue weighted by molar-refractivity contribution is 0.198. The molecule has 7 heteroatoms. The second kappa shape index (κ2) is 12.6. The number of nitrogens with one attached hydrogen (secondary N) is 1. The van der Waals surface area contributed by atoms with Crippen molar-refractivity contribution < 1.29 is 9.13 Å². The zero-order valence-electron chi connectivity index (χ0n) is 17.8. The van der Waals surface area contributed by atoms with E-state index in [1.807, 2.05) is 6.92 Å². The third-order valence-electron chi connectivity index (χ3n) is 5.55. The summed E-state index contributed by atoms with van der Waals surface area (Å²) in [5.41, 5.74) is 0. The predicted octanol–water partition coefficient (Wildman–Crippen LogP) is 3.98. The minimum absolute atomic E-state index is 0. The van der Waals surface area contributed by atoms with Crippen molar-refractivity contribution in [2.24, 2.45) is 10.9 Å². The van der Waals surface area contributed by atoms with Gasteiger partial charge in [-0.2, -0.15) is 0 Å². The molecule has 0 spiro atoms. The fraction of sp³-hybridized carbons (Fsp3) is 0.682. The average molecular weight is 518 g/mol. The molecule has 1 aromatic rings. The number of hydrogen-bond donors (Lipinski definition) is 1. The van der Waals surface area contributed by atoms with E-state index >= 15 is 0 Å². The molecule has 2 aliphatic rings. The van der Waals surface area contributed by atoms with Crippen LogP contribution in [0.2, 0.25) is 0 Å². The molecule has 1 aromatic carbocycles. The first-order valence-corrected chi connectivity index (χ1v) is 10.8. The third kappa shape index (κ3) is 7.59. The van der Waals surface area contributed by atoms with Crippen molar-refractivity contribution in [3.8, 4) is 5.75 Å². The van der Waals surface area contributed by atoms with Gasteiger partial charge < -0.3 is 19.9 Å². The lowest BCUT2D eigenvalue weighted by Crippen LogP contribution is -2.41. The van der Waals surface area contributed by atoms with Crippen molar-refractivity contribution in [2.75, 3.05) is 45.8 Å². The number of halogens is 2. The van der Waals surface area contributed by atoms with Gasteiger partial charge in [-0.25, -0.2) is 9.38 Å². The lowest BCUT2D eigenvalue weighted by Gasteiger charge is -2.29. The van der Waals surface area contributed by atoms with E-state index in [1.165, 1.54) is 51.4 Å². The Morgan fingerprint density at radius 2 is 2.00 bits per heavy atom. The number of benzene rings is 1. The van der Waals surface area contributed by atoms with E-state index in [-0.39, 0.29) is 41.6 Å². The monoisotopic (exact) mass is 518 g/mol. The van der Waals surface area contributed by atoms with E-state index < -0.39 is 0 Å². The Bertz CT molecular complexity index is 639. The minimum atomic E-state index is -0.328. The Kier molecular flexibility index (Phi) is 10.5. The molecule has 2 heterocycles. The Morgan fingerprint density at radius 1 is 1.24 bits per heavy atom. The molecule has 0 aromatic heterocycles. The van der Waals surface area contributed by atoms with Crippen LogP contribution in [-0.2, 0) is 0 Å². The van der Waals surface area contributed by atoms with Crippen molar-refractivity contribution in [1.29, 1.82) is 0 Å². The number of nitrogens with zero attached hydrogens (tertiary/aromatic N) is 3. The van der Waals surface area contributed by atoms with E-state index in [9.17, 15) is 4.39 Å². The summed E-state index contributed by atoms with van der Waals surface area (Å²) < 4.78 is 19.5. The Balaban J connectivity index is 0.00000300. The van der Waals surface area contributed by atoms with Gasteiger partial charge in [-0.1, -0.05) is 18.6 Å². The first-order chi connectivity index (χ1) is 13.7. The van der Waals surface area contributed by atoms with Gasteiger partial charge in [-0.3, -0.25) is 0 Å². The SMILES string of the molecule is CCNC(=NCC(C)Oc1ccccc1F)N1CCC(CN2CCCCC2)C1.I. The summed E-state index contributed by atoms with van der Waals surface area (Å²) >= 11 is 0. The molecule has 2 unspecified atom stereocenters. The van der Waals surface area contributed by atoms with E-state index in [0.717, 1.165) is 25.6 Å². The second-order valence-electron chi connectivity index (χ2n) is 8.02. The molecular weight excluding hydrogens is 482 g/mol. The fourth-order valence-corrected chi connectivity index (χ4v) is 4.12. The summed E-state index contributed by atoms with van der Waals surface area (Å²) in [6.45, 7) is 11.2. The quantitative estimate of drug-likeness (QED) is 0.337. The molecule has 2 atom stereocenters. The van der Waals surface area contributed by atoms with Gasteiger partial charge in [0, 0.05) is 26.2 Å². The van der Waals surface area contributed by atoms with Gasteiger partial charge in [0.1, 0.15) is 6.10 Å². The minimum Gasteiger partial charge on any atom is -0.486 e. The zero-order valence-corrected chi connectivity index (χ0v) is 20.1. The van der Waals surface area contributed by atoms with Gasteiger partial charge in [0.25, 0.3) is 0 Å². The van der Waals surface area contributed by atoms with Crippen LogP contribution in [0, 0.1) is 11.7 Å². The van der Waals surface area contributed by atoms with Gasteiger partial charge in [0.05, 0.1) is 6.54 Å². The van der Waals surface area contributed by atoms with Gasteiger partial charge in [0.2, 0.25) is 0 Å². The number of rotatable bonds is 7. The van der Waals surface area contributed by atoms with Gasteiger partial charge >= 0.3 is 0 Å². The molecule has 2 saturated heterocycles. The first kappa shape index (κ1) is 24.2. The van der Waals surface area contributed by atoms with Gasteiger partial charge in [0.15, 0.2) is 17.5 Å². The van der Waals surface area contributed by atoms with Crippen LogP contribution >= 0.6 is 24.0 Å². The Hall–Kier alpha value is -1.09. The molecule has 0 bridgehead atoms. The number of hydrogen-bond acceptors (Lipinski definition) is 3. The average Bonchev–Trinajstić information content (AvgIpc) is 3.16. The van der Waals surface area contributed by atoms with Crippen LogP contribution < -0.4 is 10.1 Å². The van der Waals surface area contributed by atoms with Crippen molar-refractivity contribution in [3.05, 3.63) is 30.1 Å². The Morgan fingerprint density at radius 3 is 2.72 bits per heavy atom. The van der Waals surface area contributed by atoms with Crippen molar-refractivity contribution >= 4 is 29.9 Å². The highest BCUT2D eigenvalue weighted by atomic mass is 127. The van der Waals surface area contributed by atoms with E-state index in [1.54, 1.807) is 18.2 Å². The molecule has 0 aliphatic carbocycles. The van der Waals surface area contributed by atoms with Crippen molar-refractivity contribution in [1.82, 2.24) is 15.1 Å². The van der Waals surface area contributed by atoms with Crippen LogP contribution in [0.15, 0.2) is 29.3 Å². The van der Waals surface area contributed by atoms with Crippen molar-refractivity contribution in [2.45, 2.75) is 45.6 Å². The lowest BCUT2D eigenvalue weighted by atomic mass is 10.1. The third-order valence-corrected chi connectivity index (χ3v) is 5.55. The maximum atomic E-state index is 13.8. The number of likely N-dealkylation sites (tertiary alicyclic amines) is 2. The molecule has 3 rings (SSSR count). The number of piperidine rings is 1. The topological polar surface area (TPSA) is 40.1 Å². The molecular formula is C22H36FIN4O. The fourth-order valence-electron chi connectivity index (χ4n) is 4.12. The Labute approximate surface area is 192 Å². The number of guanidine groups is 1. The van der Waals surface area contributed by atoms with Crippen molar-refractivity contribution in [3.63, 3.8) is 0 Å². The summed E-state index contributed by atoms with van der Waals surface area (Å²) in [7, 11) is 0. The predicted molar refractivity (Wildman–Crippen MR) is 128 cm³/mol. The number of aliphatic imine (C=N–C) groups is 1. The van der Waals surface area contributed by atoms with Crippen LogP contribution in [0.5, 0.6) is 5.75 Å². The van der Waals surface area contributed by atoms with Crippen LogP contribution in [0.3, 0.4) is 0 Å². The largest absolute Gasteiger partial charge is 0.486 e. The second-order valence-corrected chi connectivity index (χ2v) is 8.02.